The average molecular weight is 616 g/mol. The highest BCUT2D eigenvalue weighted by molar-refractivity contribution is 7.17. The van der Waals surface area contributed by atoms with Crippen LogP contribution in [0.3, 0.4) is 0 Å². The first-order valence-electron chi connectivity index (χ1n) is 14.8. The molecule has 8 nitrogen and oxygen atoms in total. The number of carbonyl (C=O) groups excluding carboxylic acids is 1. The number of amides is 1. The van der Waals surface area contributed by atoms with Gasteiger partial charge in [-0.2, -0.15) is 5.10 Å². The number of carboxylic acid groups (broad SMARTS) is 1. The standard InChI is InChI=1S/C33H37N5O3S2/c1-20-4-6-23(7-5-20)25-10-11-38(16-22-14-35-37(3)15-22)17-27(25)26-13-30(43-31(26)33(40)41)24-8-9-28(21(2)12-24)36-32(39)29-18-42-19-34-29/h8-9,12-15,18-20,23H,4-7,10-11,16-17H2,1-3H3,(H,36,39)(H,40,41). The van der Waals surface area contributed by atoms with Gasteiger partial charge in [0.2, 0.25) is 0 Å². The van der Waals surface area contributed by atoms with Crippen molar-refractivity contribution in [3.05, 3.63) is 80.4 Å². The van der Waals surface area contributed by atoms with Gasteiger partial charge in [-0.05, 0) is 72.9 Å². The number of aromatic nitrogens is 3. The molecule has 0 radical (unpaired) electrons. The number of nitrogens with zero attached hydrogens (tertiary/aromatic N) is 4. The van der Waals surface area contributed by atoms with E-state index in [-0.39, 0.29) is 5.91 Å². The SMILES string of the molecule is Cc1cc(-c2cc(C3=C(C4CCC(C)CC4)CCN(Cc4cnn(C)c4)C3)c(C(=O)O)s2)ccc1NC(=O)c1cscn1. The second kappa shape index (κ2) is 12.6. The van der Waals surface area contributed by atoms with Gasteiger partial charge in [-0.1, -0.05) is 31.4 Å². The van der Waals surface area contributed by atoms with Gasteiger partial charge in [0.05, 0.1) is 11.7 Å². The molecule has 1 fully saturated rings. The fourth-order valence-electron chi connectivity index (χ4n) is 6.48. The molecule has 224 valence electrons. The number of anilines is 1. The Labute approximate surface area is 260 Å². The van der Waals surface area contributed by atoms with Crippen LogP contribution in [-0.2, 0) is 13.6 Å². The van der Waals surface area contributed by atoms with E-state index in [0.29, 0.717) is 22.2 Å². The third-order valence-electron chi connectivity index (χ3n) is 8.82. The van der Waals surface area contributed by atoms with Gasteiger partial charge >= 0.3 is 5.97 Å². The summed E-state index contributed by atoms with van der Waals surface area (Å²) in [5.74, 6) is 0.141. The minimum atomic E-state index is -0.886. The molecule has 4 aromatic rings. The number of carbonyl (C=O) groups is 2. The maximum Gasteiger partial charge on any atom is 0.346 e. The Morgan fingerprint density at radius 3 is 2.65 bits per heavy atom. The van der Waals surface area contributed by atoms with E-state index in [1.807, 2.05) is 43.0 Å². The number of carboxylic acids is 1. The van der Waals surface area contributed by atoms with E-state index < -0.39 is 5.97 Å². The van der Waals surface area contributed by atoms with Gasteiger partial charge in [0.1, 0.15) is 10.6 Å². The monoisotopic (exact) mass is 615 g/mol. The van der Waals surface area contributed by atoms with Gasteiger partial charge in [-0.25, -0.2) is 9.78 Å². The van der Waals surface area contributed by atoms with Gasteiger partial charge in [0, 0.05) is 60.0 Å². The van der Waals surface area contributed by atoms with Crippen molar-refractivity contribution < 1.29 is 14.7 Å². The number of hydrogen-bond acceptors (Lipinski definition) is 7. The summed E-state index contributed by atoms with van der Waals surface area (Å²) in [4.78, 5) is 33.1. The zero-order chi connectivity index (χ0) is 30.1. The van der Waals surface area contributed by atoms with Crippen LogP contribution >= 0.6 is 22.7 Å². The van der Waals surface area contributed by atoms with Crippen LogP contribution in [0.4, 0.5) is 5.69 Å². The van der Waals surface area contributed by atoms with E-state index in [2.05, 4.69) is 39.5 Å². The van der Waals surface area contributed by atoms with E-state index in [0.717, 1.165) is 53.5 Å². The van der Waals surface area contributed by atoms with Crippen molar-refractivity contribution in [3.63, 3.8) is 0 Å². The van der Waals surface area contributed by atoms with Gasteiger partial charge in [0.25, 0.3) is 5.91 Å². The second-order valence-corrected chi connectivity index (χ2v) is 13.7. The molecule has 6 rings (SSSR count). The summed E-state index contributed by atoms with van der Waals surface area (Å²) >= 11 is 2.72. The third kappa shape index (κ3) is 6.51. The van der Waals surface area contributed by atoms with Gasteiger partial charge in [-0.15, -0.1) is 22.7 Å². The van der Waals surface area contributed by atoms with Crippen molar-refractivity contribution in [1.29, 1.82) is 0 Å². The van der Waals surface area contributed by atoms with Gasteiger partial charge in [0.15, 0.2) is 0 Å². The van der Waals surface area contributed by atoms with E-state index in [9.17, 15) is 14.7 Å². The van der Waals surface area contributed by atoms with E-state index in [1.165, 1.54) is 65.1 Å². The molecular formula is C33H37N5O3S2. The molecule has 1 aliphatic carbocycles. The minimum absolute atomic E-state index is 0.242. The maximum atomic E-state index is 12.7. The molecule has 1 aliphatic heterocycles. The molecule has 0 saturated heterocycles. The molecule has 0 unspecified atom stereocenters. The highest BCUT2D eigenvalue weighted by Gasteiger charge is 2.31. The van der Waals surface area contributed by atoms with E-state index >= 15 is 0 Å². The lowest BCUT2D eigenvalue weighted by atomic mass is 9.75. The molecule has 0 bridgehead atoms. The van der Waals surface area contributed by atoms with Crippen molar-refractivity contribution in [2.75, 3.05) is 18.4 Å². The predicted octanol–water partition coefficient (Wildman–Crippen LogP) is 7.35. The van der Waals surface area contributed by atoms with Crippen LogP contribution in [0.5, 0.6) is 0 Å². The quantitative estimate of drug-likeness (QED) is 0.215. The zero-order valence-electron chi connectivity index (χ0n) is 24.8. The van der Waals surface area contributed by atoms with Crippen LogP contribution in [0.2, 0.25) is 0 Å². The predicted molar refractivity (Wildman–Crippen MR) is 173 cm³/mol. The summed E-state index contributed by atoms with van der Waals surface area (Å²) in [6, 6.07) is 7.95. The van der Waals surface area contributed by atoms with Crippen LogP contribution < -0.4 is 5.32 Å². The summed E-state index contributed by atoms with van der Waals surface area (Å²) in [5.41, 5.74) is 9.27. The first-order valence-corrected chi connectivity index (χ1v) is 16.6. The van der Waals surface area contributed by atoms with Crippen LogP contribution in [0.1, 0.15) is 75.9 Å². The fraction of sp³-hybridized carbons (Fsp3) is 0.394. The summed E-state index contributed by atoms with van der Waals surface area (Å²) in [7, 11) is 1.93. The third-order valence-corrected chi connectivity index (χ3v) is 10.6. The number of rotatable bonds is 8. The number of aromatic carboxylic acids is 1. The lowest BCUT2D eigenvalue weighted by Crippen LogP contribution is -2.33. The smallest absolute Gasteiger partial charge is 0.346 e. The first-order chi connectivity index (χ1) is 20.7. The Hall–Kier alpha value is -3.60. The molecule has 1 aromatic carbocycles. The van der Waals surface area contributed by atoms with Crippen LogP contribution in [0.15, 0.2) is 53.1 Å². The molecule has 3 aromatic heterocycles. The van der Waals surface area contributed by atoms with E-state index in [4.69, 9.17) is 0 Å². The summed E-state index contributed by atoms with van der Waals surface area (Å²) in [6.07, 6.45) is 9.74. The lowest BCUT2D eigenvalue weighted by molar-refractivity contribution is 0.0701. The maximum absolute atomic E-state index is 12.7. The van der Waals surface area contributed by atoms with Crippen molar-refractivity contribution in [3.8, 4) is 10.4 Å². The Morgan fingerprint density at radius 2 is 1.98 bits per heavy atom. The summed E-state index contributed by atoms with van der Waals surface area (Å²) < 4.78 is 1.83. The number of nitrogens with one attached hydrogen (secondary N) is 1. The largest absolute Gasteiger partial charge is 0.477 e. The zero-order valence-corrected chi connectivity index (χ0v) is 26.4. The summed E-state index contributed by atoms with van der Waals surface area (Å²) in [5, 5.41) is 19.4. The van der Waals surface area contributed by atoms with Crippen molar-refractivity contribution in [2.24, 2.45) is 18.9 Å². The molecule has 1 amide bonds. The molecule has 4 heterocycles. The molecule has 43 heavy (non-hydrogen) atoms. The Balaban J connectivity index is 1.33. The van der Waals surface area contributed by atoms with Crippen molar-refractivity contribution >= 4 is 45.8 Å². The average Bonchev–Trinajstić information content (AvgIpc) is 3.76. The topological polar surface area (TPSA) is 100 Å². The molecule has 0 atom stereocenters. The van der Waals surface area contributed by atoms with Crippen molar-refractivity contribution in [1.82, 2.24) is 19.7 Å². The fourth-order valence-corrected chi connectivity index (χ4v) is 8.04. The number of thiazole rings is 1. The normalized spacial score (nSPS) is 19.5. The minimum Gasteiger partial charge on any atom is -0.477 e. The molecular weight excluding hydrogens is 579 g/mol. The van der Waals surface area contributed by atoms with Gasteiger partial charge < -0.3 is 10.4 Å². The molecule has 2 N–H and O–H groups in total. The first kappa shape index (κ1) is 29.5. The molecule has 0 spiro atoms. The number of hydrogen-bond donors (Lipinski definition) is 2. The Morgan fingerprint density at radius 1 is 1.16 bits per heavy atom. The van der Waals surface area contributed by atoms with Crippen LogP contribution in [0.25, 0.3) is 16.0 Å². The summed E-state index contributed by atoms with van der Waals surface area (Å²) in [6.45, 7) is 6.78. The number of benzene rings is 1. The number of aryl methyl sites for hydroxylation is 2. The highest BCUT2D eigenvalue weighted by atomic mass is 32.1. The highest BCUT2D eigenvalue weighted by Crippen LogP contribution is 2.44. The second-order valence-electron chi connectivity index (χ2n) is 12.0. The molecule has 2 aliphatic rings. The van der Waals surface area contributed by atoms with Crippen LogP contribution in [0, 0.1) is 18.8 Å². The Kier molecular flexibility index (Phi) is 8.61. The van der Waals surface area contributed by atoms with E-state index in [1.54, 1.807) is 10.9 Å². The molecule has 10 heteroatoms. The number of thiophene rings is 1. The van der Waals surface area contributed by atoms with Crippen molar-refractivity contribution in [2.45, 2.75) is 52.5 Å². The molecule has 1 saturated carbocycles. The van der Waals surface area contributed by atoms with Crippen LogP contribution in [-0.4, -0.2) is 49.7 Å². The Bertz CT molecular complexity index is 1660. The van der Waals surface area contributed by atoms with Gasteiger partial charge in [-0.3, -0.25) is 14.4 Å². The lowest BCUT2D eigenvalue weighted by Gasteiger charge is -2.36.